The molecule has 0 heterocycles. The maximum atomic E-state index is 13.4. The first-order chi connectivity index (χ1) is 8.36. The molecule has 0 aliphatic carbocycles. The van der Waals surface area contributed by atoms with Crippen LogP contribution in [0.1, 0.15) is 17.3 Å². The quantitative estimate of drug-likeness (QED) is 0.502. The molecule has 1 N–H and O–H groups in total. The molecule has 0 bridgehead atoms. The fourth-order valence-electron chi connectivity index (χ4n) is 1.17. The van der Waals surface area contributed by atoms with Crippen LogP contribution in [0.15, 0.2) is 12.1 Å². The van der Waals surface area contributed by atoms with Crippen molar-refractivity contribution in [3.8, 4) is 18.1 Å². The molecule has 0 aliphatic rings. The monoisotopic (exact) mass is 253 g/mol. The molecule has 0 radical (unpaired) electrons. The van der Waals surface area contributed by atoms with Gasteiger partial charge in [0.2, 0.25) is 5.75 Å². The predicted octanol–water partition coefficient (Wildman–Crippen LogP) is 1.83. The molecule has 0 saturated heterocycles. The Bertz CT molecular complexity index is 549. The molecule has 6 nitrogen and oxygen atoms in total. The van der Waals surface area contributed by atoms with Crippen LogP contribution in [0, 0.1) is 28.3 Å². The second-order valence-corrected chi connectivity index (χ2v) is 3.29. The van der Waals surface area contributed by atoms with E-state index in [1.165, 1.54) is 6.92 Å². The smallest absolute Gasteiger partial charge is 0.338 e. The highest BCUT2D eigenvalue weighted by Crippen LogP contribution is 2.30. The summed E-state index contributed by atoms with van der Waals surface area (Å²) in [6, 6.07) is 1.23. The number of ether oxygens (including phenoxy) is 1. The van der Waals surface area contributed by atoms with Crippen molar-refractivity contribution < 1.29 is 24.0 Å². The first-order valence-electron chi connectivity index (χ1n) is 4.70. The van der Waals surface area contributed by atoms with Gasteiger partial charge in [-0.3, -0.25) is 10.1 Å². The van der Waals surface area contributed by atoms with Gasteiger partial charge < -0.3 is 9.84 Å². The number of carbonyl (C=O) groups is 1. The molecular weight excluding hydrogens is 245 g/mol. The van der Waals surface area contributed by atoms with Gasteiger partial charge in [-0.15, -0.1) is 6.42 Å². The van der Waals surface area contributed by atoms with E-state index in [2.05, 4.69) is 5.92 Å². The van der Waals surface area contributed by atoms with E-state index in [0.717, 1.165) is 0 Å². The summed E-state index contributed by atoms with van der Waals surface area (Å²) < 4.78 is 18.3. The Morgan fingerprint density at radius 2 is 2.28 bits per heavy atom. The molecular formula is C11H8FNO5. The number of carboxylic acid groups (broad SMARTS) is 1. The van der Waals surface area contributed by atoms with E-state index in [0.29, 0.717) is 12.1 Å². The van der Waals surface area contributed by atoms with E-state index in [4.69, 9.17) is 16.3 Å². The normalized spacial score (nSPS) is 11.4. The lowest BCUT2D eigenvalue weighted by Gasteiger charge is -2.10. The largest absolute Gasteiger partial charge is 0.478 e. The summed E-state index contributed by atoms with van der Waals surface area (Å²) in [5.74, 6) is -0.993. The Morgan fingerprint density at radius 3 is 2.72 bits per heavy atom. The number of nitro groups is 1. The number of benzene rings is 1. The SMILES string of the molecule is C#CC(C)Oc1cc(F)c(C(=O)O)cc1[N+](=O)[O-]. The standard InChI is InChI=1S/C11H8FNO5/c1-3-6(2)18-10-5-8(12)7(11(14)15)4-9(10)13(16)17/h1,4-6H,2H3,(H,14,15). The molecule has 1 aromatic carbocycles. The lowest BCUT2D eigenvalue weighted by atomic mass is 10.1. The zero-order chi connectivity index (χ0) is 13.9. The van der Waals surface area contributed by atoms with Crippen LogP contribution in [-0.2, 0) is 0 Å². The average molecular weight is 253 g/mol. The van der Waals surface area contributed by atoms with Crippen molar-refractivity contribution in [2.75, 3.05) is 0 Å². The molecule has 0 aliphatic heterocycles. The number of aromatic carboxylic acids is 1. The van der Waals surface area contributed by atoms with Gasteiger partial charge in [0.15, 0.2) is 6.10 Å². The van der Waals surface area contributed by atoms with Crippen LogP contribution >= 0.6 is 0 Å². The minimum atomic E-state index is -1.60. The van der Waals surface area contributed by atoms with Gasteiger partial charge in [0, 0.05) is 12.1 Å². The van der Waals surface area contributed by atoms with E-state index in [-0.39, 0.29) is 0 Å². The summed E-state index contributed by atoms with van der Waals surface area (Å²) in [6.07, 6.45) is 4.22. The van der Waals surface area contributed by atoms with Gasteiger partial charge >= 0.3 is 11.7 Å². The number of terminal acetylenes is 1. The highest BCUT2D eigenvalue weighted by atomic mass is 19.1. The first-order valence-corrected chi connectivity index (χ1v) is 4.70. The Kier molecular flexibility index (Phi) is 3.84. The number of hydrogen-bond acceptors (Lipinski definition) is 4. The minimum Gasteiger partial charge on any atom is -0.478 e. The average Bonchev–Trinajstić information content (AvgIpc) is 2.27. The van der Waals surface area contributed by atoms with Crippen molar-refractivity contribution in [1.29, 1.82) is 0 Å². The second kappa shape index (κ2) is 5.14. The molecule has 7 heteroatoms. The Balaban J connectivity index is 3.34. The molecule has 0 saturated carbocycles. The molecule has 1 unspecified atom stereocenters. The molecule has 18 heavy (non-hydrogen) atoms. The van der Waals surface area contributed by atoms with Gasteiger partial charge in [0.05, 0.1) is 4.92 Å². The summed E-state index contributed by atoms with van der Waals surface area (Å²) in [4.78, 5) is 20.5. The van der Waals surface area contributed by atoms with Crippen LogP contribution in [0.4, 0.5) is 10.1 Å². The van der Waals surface area contributed by atoms with E-state index in [1.807, 2.05) is 0 Å². The number of hydrogen-bond donors (Lipinski definition) is 1. The van der Waals surface area contributed by atoms with Crippen molar-refractivity contribution in [2.45, 2.75) is 13.0 Å². The minimum absolute atomic E-state index is 0.409. The van der Waals surface area contributed by atoms with Crippen molar-refractivity contribution in [2.24, 2.45) is 0 Å². The van der Waals surface area contributed by atoms with Crippen LogP contribution in [0.2, 0.25) is 0 Å². The fourth-order valence-corrected chi connectivity index (χ4v) is 1.17. The van der Waals surface area contributed by atoms with Gasteiger partial charge in [0.25, 0.3) is 0 Å². The van der Waals surface area contributed by atoms with Crippen LogP contribution < -0.4 is 4.74 Å². The highest BCUT2D eigenvalue weighted by molar-refractivity contribution is 5.89. The molecule has 0 spiro atoms. The Morgan fingerprint density at radius 1 is 1.67 bits per heavy atom. The van der Waals surface area contributed by atoms with Crippen molar-refractivity contribution in [1.82, 2.24) is 0 Å². The molecule has 1 aromatic rings. The highest BCUT2D eigenvalue weighted by Gasteiger charge is 2.23. The maximum Gasteiger partial charge on any atom is 0.338 e. The Labute approximate surface area is 101 Å². The van der Waals surface area contributed by atoms with Gasteiger partial charge in [-0.25, -0.2) is 9.18 Å². The summed E-state index contributed by atoms with van der Waals surface area (Å²) >= 11 is 0. The maximum absolute atomic E-state index is 13.4. The third kappa shape index (κ3) is 2.74. The molecule has 1 atom stereocenters. The summed E-state index contributed by atoms with van der Waals surface area (Å²) in [5, 5.41) is 19.4. The van der Waals surface area contributed by atoms with E-state index >= 15 is 0 Å². The van der Waals surface area contributed by atoms with Crippen molar-refractivity contribution >= 4 is 11.7 Å². The third-order valence-corrected chi connectivity index (χ3v) is 2.01. The van der Waals surface area contributed by atoms with Crippen molar-refractivity contribution in [3.63, 3.8) is 0 Å². The Hall–Kier alpha value is -2.62. The van der Waals surface area contributed by atoms with Gasteiger partial charge in [0.1, 0.15) is 11.4 Å². The summed E-state index contributed by atoms with van der Waals surface area (Å²) in [5.41, 5.74) is -1.46. The second-order valence-electron chi connectivity index (χ2n) is 3.29. The van der Waals surface area contributed by atoms with Gasteiger partial charge in [-0.2, -0.15) is 0 Å². The first kappa shape index (κ1) is 13.4. The summed E-state index contributed by atoms with van der Waals surface area (Å²) in [6.45, 7) is 1.44. The zero-order valence-corrected chi connectivity index (χ0v) is 9.21. The lowest BCUT2D eigenvalue weighted by Crippen LogP contribution is -2.11. The molecule has 0 aromatic heterocycles. The third-order valence-electron chi connectivity index (χ3n) is 2.01. The van der Waals surface area contributed by atoms with Crippen LogP contribution in [-0.4, -0.2) is 22.1 Å². The molecule has 1 rings (SSSR count). The number of carboxylic acids is 1. The number of rotatable bonds is 4. The topological polar surface area (TPSA) is 89.7 Å². The zero-order valence-electron chi connectivity index (χ0n) is 9.21. The molecule has 94 valence electrons. The summed E-state index contributed by atoms with van der Waals surface area (Å²) in [7, 11) is 0. The predicted molar refractivity (Wildman–Crippen MR) is 58.9 cm³/mol. The molecule has 0 fully saturated rings. The number of nitrogens with zero attached hydrogens (tertiary/aromatic N) is 1. The van der Waals surface area contributed by atoms with E-state index < -0.39 is 39.8 Å². The van der Waals surface area contributed by atoms with E-state index in [1.54, 1.807) is 0 Å². The van der Waals surface area contributed by atoms with Crippen LogP contribution in [0.25, 0.3) is 0 Å². The lowest BCUT2D eigenvalue weighted by molar-refractivity contribution is -0.386. The van der Waals surface area contributed by atoms with Crippen LogP contribution in [0.3, 0.4) is 0 Å². The van der Waals surface area contributed by atoms with Crippen molar-refractivity contribution in [3.05, 3.63) is 33.6 Å². The van der Waals surface area contributed by atoms with E-state index in [9.17, 15) is 19.3 Å². The van der Waals surface area contributed by atoms with Gasteiger partial charge in [-0.1, -0.05) is 5.92 Å². The van der Waals surface area contributed by atoms with Gasteiger partial charge in [-0.05, 0) is 6.92 Å². The molecule has 0 amide bonds. The number of nitro benzene ring substituents is 1. The fraction of sp³-hybridized carbons (Fsp3) is 0.182. The number of halogens is 1. The van der Waals surface area contributed by atoms with Crippen LogP contribution in [0.5, 0.6) is 5.75 Å².